The Kier molecular flexibility index (Phi) is 7.03. The van der Waals surface area contributed by atoms with Gasteiger partial charge in [-0.05, 0) is 36.4 Å². The molecular formula is C29H28FN3O4S. The molecule has 7 nitrogen and oxygen atoms in total. The molecule has 0 aliphatic carbocycles. The van der Waals surface area contributed by atoms with Crippen LogP contribution in [0.15, 0.2) is 65.1 Å². The maximum absolute atomic E-state index is 13.6. The summed E-state index contributed by atoms with van der Waals surface area (Å²) in [4.78, 5) is 27.9. The number of benzene rings is 3. The van der Waals surface area contributed by atoms with Crippen LogP contribution in [0.5, 0.6) is 5.75 Å². The van der Waals surface area contributed by atoms with Crippen molar-refractivity contribution in [1.29, 1.82) is 0 Å². The van der Waals surface area contributed by atoms with Crippen LogP contribution in [0.3, 0.4) is 0 Å². The number of para-hydroxylation sites is 1. The average molecular weight is 534 g/mol. The SMILES string of the molecule is CNC(=O)c1c(-c2ccc(F)cc2)oc2cc(N(C)SC)c3c(c12)CC(CC(=O)N(C)c1ccccc1)O3. The van der Waals surface area contributed by atoms with Crippen molar-refractivity contribution < 1.29 is 23.1 Å². The molecule has 1 aromatic heterocycles. The molecule has 0 radical (unpaired) electrons. The first-order valence-corrected chi connectivity index (χ1v) is 13.4. The molecule has 1 aliphatic rings. The number of rotatable bonds is 7. The van der Waals surface area contributed by atoms with E-state index in [9.17, 15) is 14.0 Å². The van der Waals surface area contributed by atoms with Crippen LogP contribution in [0, 0.1) is 5.82 Å². The number of carbonyl (C=O) groups excluding carboxylic acids is 2. The van der Waals surface area contributed by atoms with E-state index in [1.807, 2.05) is 54.0 Å². The van der Waals surface area contributed by atoms with Gasteiger partial charge in [-0.15, -0.1) is 0 Å². The van der Waals surface area contributed by atoms with E-state index in [0.717, 1.165) is 16.9 Å². The number of nitrogens with zero attached hydrogens (tertiary/aromatic N) is 2. The number of halogens is 1. The molecule has 5 rings (SSSR count). The lowest BCUT2D eigenvalue weighted by Gasteiger charge is -2.21. The Bertz CT molecular complexity index is 1500. The number of carbonyl (C=O) groups is 2. The Hall–Kier alpha value is -3.98. The van der Waals surface area contributed by atoms with E-state index in [1.165, 1.54) is 24.1 Å². The van der Waals surface area contributed by atoms with E-state index in [4.69, 9.17) is 9.15 Å². The molecule has 1 atom stereocenters. The topological polar surface area (TPSA) is 75.0 Å². The van der Waals surface area contributed by atoms with Crippen molar-refractivity contribution in [2.75, 3.05) is 36.6 Å². The maximum atomic E-state index is 13.6. The van der Waals surface area contributed by atoms with Crippen molar-refractivity contribution >= 4 is 46.1 Å². The standard InChI is InChI=1S/C29H28FN3O4S/c1-31-29(35)26-25-21-14-20(15-24(34)32(2)19-8-6-5-7-9-19)36-28(21)22(33(3)38-4)16-23(25)37-27(26)17-10-12-18(30)13-11-17/h5-13,16,20H,14-15H2,1-4H3,(H,31,35). The van der Waals surface area contributed by atoms with Crippen LogP contribution in [-0.4, -0.2) is 45.3 Å². The van der Waals surface area contributed by atoms with Gasteiger partial charge < -0.3 is 23.7 Å². The molecule has 2 amide bonds. The van der Waals surface area contributed by atoms with E-state index in [1.54, 1.807) is 31.1 Å². The van der Waals surface area contributed by atoms with Gasteiger partial charge in [-0.25, -0.2) is 4.39 Å². The van der Waals surface area contributed by atoms with Crippen molar-refractivity contribution in [3.8, 4) is 17.1 Å². The van der Waals surface area contributed by atoms with Crippen LogP contribution in [-0.2, 0) is 11.2 Å². The Balaban J connectivity index is 1.59. The number of ether oxygens (including phenoxy) is 1. The molecule has 0 spiro atoms. The van der Waals surface area contributed by atoms with Crippen molar-refractivity contribution in [1.82, 2.24) is 5.32 Å². The first kappa shape index (κ1) is 25.7. The van der Waals surface area contributed by atoms with Gasteiger partial charge >= 0.3 is 0 Å². The molecule has 1 N–H and O–H groups in total. The van der Waals surface area contributed by atoms with Crippen LogP contribution in [0.4, 0.5) is 15.8 Å². The Morgan fingerprint density at radius 1 is 1.11 bits per heavy atom. The quantitative estimate of drug-likeness (QED) is 0.309. The van der Waals surface area contributed by atoms with E-state index < -0.39 is 6.10 Å². The zero-order valence-corrected chi connectivity index (χ0v) is 22.4. The molecule has 9 heteroatoms. The lowest BCUT2D eigenvalue weighted by atomic mass is 9.97. The van der Waals surface area contributed by atoms with Crippen molar-refractivity contribution in [3.05, 3.63) is 77.6 Å². The molecule has 3 aromatic carbocycles. The molecule has 38 heavy (non-hydrogen) atoms. The molecule has 0 saturated heterocycles. The fraction of sp³-hybridized carbons (Fsp3) is 0.241. The predicted molar refractivity (Wildman–Crippen MR) is 150 cm³/mol. The zero-order valence-electron chi connectivity index (χ0n) is 21.6. The second-order valence-corrected chi connectivity index (χ2v) is 10.00. The molecule has 2 heterocycles. The molecule has 0 bridgehead atoms. The predicted octanol–water partition coefficient (Wildman–Crippen LogP) is 5.67. The minimum Gasteiger partial charge on any atom is -0.487 e. The highest BCUT2D eigenvalue weighted by Crippen LogP contribution is 2.48. The van der Waals surface area contributed by atoms with Crippen LogP contribution < -0.4 is 19.3 Å². The highest BCUT2D eigenvalue weighted by molar-refractivity contribution is 7.99. The lowest BCUT2D eigenvalue weighted by molar-refractivity contribution is -0.119. The van der Waals surface area contributed by atoms with Crippen LogP contribution in [0.2, 0.25) is 0 Å². The summed E-state index contributed by atoms with van der Waals surface area (Å²) in [5.41, 5.74) is 3.88. The summed E-state index contributed by atoms with van der Waals surface area (Å²) >= 11 is 1.51. The van der Waals surface area contributed by atoms with Gasteiger partial charge in [0.15, 0.2) is 0 Å². The smallest absolute Gasteiger partial charge is 0.255 e. The maximum Gasteiger partial charge on any atom is 0.255 e. The zero-order chi connectivity index (χ0) is 27.0. The minimum atomic E-state index is -0.412. The molecule has 1 aliphatic heterocycles. The van der Waals surface area contributed by atoms with Crippen LogP contribution in [0.25, 0.3) is 22.3 Å². The third-order valence-electron chi connectivity index (χ3n) is 6.82. The molecular weight excluding hydrogens is 505 g/mol. The van der Waals surface area contributed by atoms with E-state index in [-0.39, 0.29) is 24.1 Å². The van der Waals surface area contributed by atoms with Gasteiger partial charge in [0.25, 0.3) is 5.91 Å². The molecule has 196 valence electrons. The minimum absolute atomic E-state index is 0.0734. The van der Waals surface area contributed by atoms with Gasteiger partial charge in [-0.2, -0.15) is 0 Å². The van der Waals surface area contributed by atoms with Crippen molar-refractivity contribution in [2.45, 2.75) is 18.9 Å². The monoisotopic (exact) mass is 533 g/mol. The first-order chi connectivity index (χ1) is 18.3. The van der Waals surface area contributed by atoms with E-state index in [0.29, 0.717) is 40.0 Å². The summed E-state index contributed by atoms with van der Waals surface area (Å²) in [7, 11) is 5.23. The number of amides is 2. The second kappa shape index (κ2) is 10.4. The highest BCUT2D eigenvalue weighted by Gasteiger charge is 2.35. The Morgan fingerprint density at radius 2 is 1.82 bits per heavy atom. The second-order valence-electron chi connectivity index (χ2n) is 9.09. The summed E-state index contributed by atoms with van der Waals surface area (Å²) in [5.74, 6) is 0.216. The Morgan fingerprint density at radius 3 is 2.47 bits per heavy atom. The van der Waals surface area contributed by atoms with Crippen LogP contribution >= 0.6 is 11.9 Å². The molecule has 0 fully saturated rings. The summed E-state index contributed by atoms with van der Waals surface area (Å²) < 4.78 is 28.3. The first-order valence-electron chi connectivity index (χ1n) is 12.2. The van der Waals surface area contributed by atoms with Crippen molar-refractivity contribution in [2.24, 2.45) is 0 Å². The van der Waals surface area contributed by atoms with Gasteiger partial charge in [0.05, 0.1) is 17.7 Å². The van der Waals surface area contributed by atoms with E-state index >= 15 is 0 Å². The lowest BCUT2D eigenvalue weighted by Crippen LogP contribution is -2.31. The largest absolute Gasteiger partial charge is 0.487 e. The molecule has 1 unspecified atom stereocenters. The summed E-state index contributed by atoms with van der Waals surface area (Å²) in [5, 5.41) is 3.35. The average Bonchev–Trinajstić information content (AvgIpc) is 3.53. The van der Waals surface area contributed by atoms with Gasteiger partial charge in [0.2, 0.25) is 5.91 Å². The van der Waals surface area contributed by atoms with Crippen molar-refractivity contribution in [3.63, 3.8) is 0 Å². The Labute approximate surface area is 224 Å². The summed E-state index contributed by atoms with van der Waals surface area (Å²) in [6, 6.07) is 17.2. The number of fused-ring (bicyclic) bond motifs is 3. The van der Waals surface area contributed by atoms with Gasteiger partial charge in [0, 0.05) is 62.1 Å². The number of anilines is 2. The van der Waals surface area contributed by atoms with Gasteiger partial charge in [-0.3, -0.25) is 9.59 Å². The fourth-order valence-corrected chi connectivity index (χ4v) is 5.12. The summed E-state index contributed by atoms with van der Waals surface area (Å²) in [6.45, 7) is 0. The highest BCUT2D eigenvalue weighted by atomic mass is 32.2. The summed E-state index contributed by atoms with van der Waals surface area (Å²) in [6.07, 6.45) is 2.14. The molecule has 4 aromatic rings. The number of hydrogen-bond donors (Lipinski definition) is 1. The van der Waals surface area contributed by atoms with Gasteiger partial charge in [-0.1, -0.05) is 30.1 Å². The van der Waals surface area contributed by atoms with E-state index in [2.05, 4.69) is 5.32 Å². The van der Waals surface area contributed by atoms with Crippen LogP contribution in [0.1, 0.15) is 22.3 Å². The third-order valence-corrected chi connectivity index (χ3v) is 7.57. The number of nitrogens with one attached hydrogen (secondary N) is 1. The fourth-order valence-electron chi connectivity index (χ4n) is 4.79. The number of hydrogen-bond acceptors (Lipinski definition) is 6. The third kappa shape index (κ3) is 4.58. The molecule has 0 saturated carbocycles. The van der Waals surface area contributed by atoms with Gasteiger partial charge in [0.1, 0.15) is 29.0 Å². The number of furan rings is 1. The normalized spacial score (nSPS) is 14.2.